The molecule has 10 heteroatoms. The van der Waals surface area contributed by atoms with Gasteiger partial charge in [-0.1, -0.05) is 36.4 Å². The Morgan fingerprint density at radius 1 is 1.00 bits per heavy atom. The number of carbonyl (C=O) groups is 2. The lowest BCUT2D eigenvalue weighted by Crippen LogP contribution is -2.34. The van der Waals surface area contributed by atoms with Crippen LogP contribution in [-0.4, -0.2) is 40.3 Å². The number of benzene rings is 2. The summed E-state index contributed by atoms with van der Waals surface area (Å²) in [7, 11) is 0. The van der Waals surface area contributed by atoms with Gasteiger partial charge in [0, 0.05) is 6.42 Å². The minimum absolute atomic E-state index is 0.0302. The predicted octanol–water partition coefficient (Wildman–Crippen LogP) is 2.05. The molecule has 1 N–H and O–H groups in total. The molecule has 3 aromatic rings. The van der Waals surface area contributed by atoms with Gasteiger partial charge in [0.15, 0.2) is 0 Å². The molecule has 0 radical (unpaired) electrons. The molecule has 4 rings (SSSR count). The van der Waals surface area contributed by atoms with Crippen LogP contribution in [0.2, 0.25) is 0 Å². The third-order valence-electron chi connectivity index (χ3n) is 5.07. The molecule has 1 fully saturated rings. The van der Waals surface area contributed by atoms with E-state index in [2.05, 4.69) is 0 Å². The van der Waals surface area contributed by atoms with Crippen molar-refractivity contribution in [1.82, 2.24) is 9.55 Å². The van der Waals surface area contributed by atoms with Crippen molar-refractivity contribution < 1.29 is 28.2 Å². The number of hydrogen-bond donors (Lipinski definition) is 1. The Morgan fingerprint density at radius 2 is 1.61 bits per heavy atom. The summed E-state index contributed by atoms with van der Waals surface area (Å²) < 4.78 is 31.3. The summed E-state index contributed by atoms with van der Waals surface area (Å²) in [6, 6.07) is 16.5. The number of esters is 2. The van der Waals surface area contributed by atoms with Crippen LogP contribution in [0.15, 0.2) is 76.4 Å². The fraction of sp³-hybridized carbons (Fsp3) is 0.217. The van der Waals surface area contributed by atoms with Crippen LogP contribution in [-0.2, 0) is 14.2 Å². The van der Waals surface area contributed by atoms with Gasteiger partial charge in [0.1, 0.15) is 25.0 Å². The molecule has 1 saturated heterocycles. The van der Waals surface area contributed by atoms with Gasteiger partial charge in [-0.3, -0.25) is 14.3 Å². The number of halogens is 1. The fourth-order valence-electron chi connectivity index (χ4n) is 3.42. The second-order valence-corrected chi connectivity index (χ2v) is 7.28. The van der Waals surface area contributed by atoms with Gasteiger partial charge < -0.3 is 14.2 Å². The minimum Gasteiger partial charge on any atom is -0.459 e. The van der Waals surface area contributed by atoms with Gasteiger partial charge in [0.25, 0.3) is 5.56 Å². The average molecular weight is 454 g/mol. The number of rotatable bonds is 6. The van der Waals surface area contributed by atoms with Gasteiger partial charge in [0.2, 0.25) is 5.82 Å². The SMILES string of the molecule is O=C(OC[C@@H]1O[C@H](n2cc(F)c(=O)[nH]c2=O)C[C@H]1OC(=O)c1ccccc1)c1ccccc1. The molecule has 1 aliphatic heterocycles. The summed E-state index contributed by atoms with van der Waals surface area (Å²) >= 11 is 0. The molecule has 33 heavy (non-hydrogen) atoms. The average Bonchev–Trinajstić information content (AvgIpc) is 3.23. The molecule has 9 nitrogen and oxygen atoms in total. The molecule has 2 aromatic carbocycles. The zero-order chi connectivity index (χ0) is 23.4. The van der Waals surface area contributed by atoms with E-state index in [1.165, 1.54) is 0 Å². The fourth-order valence-corrected chi connectivity index (χ4v) is 3.42. The number of H-pyrrole nitrogens is 1. The number of hydrogen-bond acceptors (Lipinski definition) is 7. The lowest BCUT2D eigenvalue weighted by atomic mass is 10.1. The summed E-state index contributed by atoms with van der Waals surface area (Å²) in [6.45, 7) is -0.280. The number of aromatic amines is 1. The molecule has 0 spiro atoms. The number of aromatic nitrogens is 2. The summed E-state index contributed by atoms with van der Waals surface area (Å²) in [5, 5.41) is 0. The third-order valence-corrected chi connectivity index (χ3v) is 5.07. The van der Waals surface area contributed by atoms with Crippen molar-refractivity contribution in [3.63, 3.8) is 0 Å². The van der Waals surface area contributed by atoms with Crippen LogP contribution in [0.3, 0.4) is 0 Å². The van der Waals surface area contributed by atoms with Gasteiger partial charge in [-0.25, -0.2) is 14.4 Å². The molecule has 2 heterocycles. The molecule has 1 aromatic heterocycles. The number of ether oxygens (including phenoxy) is 3. The quantitative estimate of drug-likeness (QED) is 0.567. The maximum absolute atomic E-state index is 13.8. The lowest BCUT2D eigenvalue weighted by molar-refractivity contribution is -0.0584. The van der Waals surface area contributed by atoms with Crippen LogP contribution in [0.5, 0.6) is 0 Å². The second kappa shape index (κ2) is 9.61. The largest absolute Gasteiger partial charge is 0.459 e. The van der Waals surface area contributed by atoms with Gasteiger partial charge in [-0.15, -0.1) is 0 Å². The van der Waals surface area contributed by atoms with Crippen LogP contribution >= 0.6 is 0 Å². The Labute approximate surface area is 186 Å². The van der Waals surface area contributed by atoms with Gasteiger partial charge in [-0.2, -0.15) is 4.39 Å². The third kappa shape index (κ3) is 5.07. The zero-order valence-corrected chi connectivity index (χ0v) is 17.2. The first-order valence-electron chi connectivity index (χ1n) is 10.1. The van der Waals surface area contributed by atoms with Crippen LogP contribution in [0.25, 0.3) is 0 Å². The van der Waals surface area contributed by atoms with E-state index in [-0.39, 0.29) is 13.0 Å². The first kappa shape index (κ1) is 22.2. The van der Waals surface area contributed by atoms with Crippen molar-refractivity contribution in [3.05, 3.63) is 105 Å². The van der Waals surface area contributed by atoms with Gasteiger partial charge in [0.05, 0.1) is 17.3 Å². The first-order chi connectivity index (χ1) is 15.9. The predicted molar refractivity (Wildman–Crippen MR) is 112 cm³/mol. The molecule has 0 aliphatic carbocycles. The zero-order valence-electron chi connectivity index (χ0n) is 17.2. The van der Waals surface area contributed by atoms with E-state index in [9.17, 15) is 23.6 Å². The van der Waals surface area contributed by atoms with E-state index in [1.807, 2.05) is 4.98 Å². The van der Waals surface area contributed by atoms with E-state index in [0.29, 0.717) is 11.1 Å². The Balaban J connectivity index is 1.53. The highest BCUT2D eigenvalue weighted by atomic mass is 19.1. The molecular weight excluding hydrogens is 435 g/mol. The monoisotopic (exact) mass is 454 g/mol. The lowest BCUT2D eigenvalue weighted by Gasteiger charge is -2.19. The summed E-state index contributed by atoms with van der Waals surface area (Å²) in [4.78, 5) is 50.2. The van der Waals surface area contributed by atoms with E-state index in [0.717, 1.165) is 10.8 Å². The molecule has 0 amide bonds. The Morgan fingerprint density at radius 3 is 2.24 bits per heavy atom. The second-order valence-electron chi connectivity index (χ2n) is 7.28. The molecule has 1 aliphatic rings. The van der Waals surface area contributed by atoms with E-state index >= 15 is 0 Å². The molecule has 170 valence electrons. The van der Waals surface area contributed by atoms with Crippen molar-refractivity contribution in [2.45, 2.75) is 24.9 Å². The molecule has 0 saturated carbocycles. The molecule has 0 bridgehead atoms. The van der Waals surface area contributed by atoms with Gasteiger partial charge >= 0.3 is 17.6 Å². The maximum atomic E-state index is 13.8. The Hall–Kier alpha value is -4.05. The van der Waals surface area contributed by atoms with Crippen LogP contribution in [0.4, 0.5) is 4.39 Å². The summed E-state index contributed by atoms with van der Waals surface area (Å²) in [5.74, 6) is -2.41. The number of nitrogens with one attached hydrogen (secondary N) is 1. The van der Waals surface area contributed by atoms with Gasteiger partial charge in [-0.05, 0) is 24.3 Å². The Kier molecular flexibility index (Phi) is 6.45. The van der Waals surface area contributed by atoms with Crippen LogP contribution in [0.1, 0.15) is 33.4 Å². The topological polar surface area (TPSA) is 117 Å². The summed E-state index contributed by atoms with van der Waals surface area (Å²) in [5.41, 5.74) is -1.42. The van der Waals surface area contributed by atoms with Crippen LogP contribution in [0, 0.1) is 5.82 Å². The summed E-state index contributed by atoms with van der Waals surface area (Å²) in [6.07, 6.45) is -2.21. The van der Waals surface area contributed by atoms with Crippen molar-refractivity contribution >= 4 is 11.9 Å². The maximum Gasteiger partial charge on any atom is 0.338 e. The molecular formula is C23H19FN2O7. The first-order valence-corrected chi connectivity index (χ1v) is 10.1. The highest BCUT2D eigenvalue weighted by Crippen LogP contribution is 2.31. The molecule has 0 unspecified atom stereocenters. The van der Waals surface area contributed by atoms with Crippen molar-refractivity contribution in [1.29, 1.82) is 0 Å². The highest BCUT2D eigenvalue weighted by molar-refractivity contribution is 5.90. The van der Waals surface area contributed by atoms with E-state index < -0.39 is 47.4 Å². The molecule has 3 atom stereocenters. The smallest absolute Gasteiger partial charge is 0.338 e. The van der Waals surface area contributed by atoms with Crippen LogP contribution < -0.4 is 11.2 Å². The number of carbonyl (C=O) groups excluding carboxylic acids is 2. The van der Waals surface area contributed by atoms with E-state index in [1.54, 1.807) is 60.7 Å². The van der Waals surface area contributed by atoms with Crippen molar-refractivity contribution in [3.8, 4) is 0 Å². The van der Waals surface area contributed by atoms with Crippen molar-refractivity contribution in [2.75, 3.05) is 6.61 Å². The Bertz CT molecular complexity index is 1260. The standard InChI is InChI=1S/C23H19FN2O7/c24-16-12-26(23(30)25-20(16)27)19-11-17(33-22(29)15-9-5-2-6-10-15)18(32-19)13-31-21(28)14-7-3-1-4-8-14/h1-10,12,17-19H,11,13H2,(H,25,27,30)/t17-,18+,19+/m1/s1. The van der Waals surface area contributed by atoms with E-state index in [4.69, 9.17) is 14.2 Å². The highest BCUT2D eigenvalue weighted by Gasteiger charge is 2.40. The minimum atomic E-state index is -1.17. The number of nitrogens with zero attached hydrogens (tertiary/aromatic N) is 1. The normalized spacial score (nSPS) is 19.7. The van der Waals surface area contributed by atoms with Crippen molar-refractivity contribution in [2.24, 2.45) is 0 Å².